The molecule has 2 aromatic heterocycles. The average molecular weight is 238 g/mol. The molecule has 0 atom stereocenters. The highest BCUT2D eigenvalue weighted by Gasteiger charge is 2.13. The number of rotatable bonds is 3. The van der Waals surface area contributed by atoms with Crippen molar-refractivity contribution in [3.8, 4) is 0 Å². The van der Waals surface area contributed by atoms with Gasteiger partial charge in [0, 0.05) is 6.54 Å². The molecule has 3 N–H and O–H groups in total. The number of carbonyl (C=O) groups is 1. The standard InChI is InChI=1S/C9H10N4O4/c1-2-13-7-6(8(16)12-9(13)17)10-4(11-7)3-5(14)15/h2-3H2,1H3,(H,10,11)(H,14,15)(H,12,16,17). The molecule has 0 aliphatic heterocycles. The van der Waals surface area contributed by atoms with E-state index in [4.69, 9.17) is 5.11 Å². The zero-order valence-electron chi connectivity index (χ0n) is 8.98. The summed E-state index contributed by atoms with van der Waals surface area (Å²) in [6.45, 7) is 2.06. The van der Waals surface area contributed by atoms with Gasteiger partial charge in [-0.2, -0.15) is 0 Å². The summed E-state index contributed by atoms with van der Waals surface area (Å²) >= 11 is 0. The van der Waals surface area contributed by atoms with Crippen molar-refractivity contribution >= 4 is 17.1 Å². The highest BCUT2D eigenvalue weighted by Crippen LogP contribution is 2.05. The third-order valence-corrected chi connectivity index (χ3v) is 2.32. The van der Waals surface area contributed by atoms with Gasteiger partial charge in [0.25, 0.3) is 5.56 Å². The van der Waals surface area contributed by atoms with Crippen molar-refractivity contribution in [3.05, 3.63) is 26.7 Å². The quantitative estimate of drug-likeness (QED) is 0.637. The molecule has 0 saturated carbocycles. The van der Waals surface area contributed by atoms with Crippen LogP contribution in [0.1, 0.15) is 12.7 Å². The zero-order valence-corrected chi connectivity index (χ0v) is 8.98. The summed E-state index contributed by atoms with van der Waals surface area (Å²) in [6.07, 6.45) is -0.327. The lowest BCUT2D eigenvalue weighted by atomic mass is 10.4. The molecule has 0 aliphatic rings. The largest absolute Gasteiger partial charge is 0.481 e. The first kappa shape index (κ1) is 11.1. The van der Waals surface area contributed by atoms with Gasteiger partial charge in [-0.25, -0.2) is 9.78 Å². The molecule has 90 valence electrons. The Bertz CT molecular complexity index is 693. The molecule has 0 amide bonds. The minimum Gasteiger partial charge on any atom is -0.481 e. The lowest BCUT2D eigenvalue weighted by molar-refractivity contribution is -0.136. The third kappa shape index (κ3) is 1.84. The van der Waals surface area contributed by atoms with Crippen LogP contribution >= 0.6 is 0 Å². The van der Waals surface area contributed by atoms with Gasteiger partial charge in [0.15, 0.2) is 5.65 Å². The summed E-state index contributed by atoms with van der Waals surface area (Å²) in [5.74, 6) is -0.920. The highest BCUT2D eigenvalue weighted by molar-refractivity contribution is 5.73. The summed E-state index contributed by atoms with van der Waals surface area (Å²) in [7, 11) is 0. The fourth-order valence-electron chi connectivity index (χ4n) is 1.61. The van der Waals surface area contributed by atoms with E-state index in [0.717, 1.165) is 0 Å². The fraction of sp³-hybridized carbons (Fsp3) is 0.333. The van der Waals surface area contributed by atoms with Crippen LogP contribution in [0.5, 0.6) is 0 Å². The van der Waals surface area contributed by atoms with Gasteiger partial charge >= 0.3 is 11.7 Å². The molecule has 0 aromatic carbocycles. The lowest BCUT2D eigenvalue weighted by Gasteiger charge is -1.99. The summed E-state index contributed by atoms with van der Waals surface area (Å²) in [4.78, 5) is 42.2. The van der Waals surface area contributed by atoms with Crippen LogP contribution in [0.4, 0.5) is 0 Å². The van der Waals surface area contributed by atoms with Crippen LogP contribution < -0.4 is 11.2 Å². The van der Waals surface area contributed by atoms with E-state index < -0.39 is 17.2 Å². The molecule has 0 aliphatic carbocycles. The molecule has 2 heterocycles. The number of carboxylic acids is 1. The van der Waals surface area contributed by atoms with E-state index in [-0.39, 0.29) is 23.4 Å². The highest BCUT2D eigenvalue weighted by atomic mass is 16.4. The van der Waals surface area contributed by atoms with Gasteiger partial charge in [0.2, 0.25) is 0 Å². The third-order valence-electron chi connectivity index (χ3n) is 2.32. The monoisotopic (exact) mass is 238 g/mol. The summed E-state index contributed by atoms with van der Waals surface area (Å²) in [6, 6.07) is 0. The fourth-order valence-corrected chi connectivity index (χ4v) is 1.61. The molecule has 0 bridgehead atoms. The van der Waals surface area contributed by atoms with Crippen molar-refractivity contribution in [2.24, 2.45) is 0 Å². The predicted molar refractivity (Wildman–Crippen MR) is 58.0 cm³/mol. The van der Waals surface area contributed by atoms with Gasteiger partial charge in [0.1, 0.15) is 17.8 Å². The molecular weight excluding hydrogens is 228 g/mol. The number of aromatic amines is 2. The second kappa shape index (κ2) is 3.89. The van der Waals surface area contributed by atoms with E-state index in [0.29, 0.717) is 6.54 Å². The molecule has 8 heteroatoms. The number of aliphatic carboxylic acids is 1. The van der Waals surface area contributed by atoms with Gasteiger partial charge in [0.05, 0.1) is 0 Å². The van der Waals surface area contributed by atoms with Crippen LogP contribution in [0.3, 0.4) is 0 Å². The summed E-state index contributed by atoms with van der Waals surface area (Å²) < 4.78 is 1.26. The van der Waals surface area contributed by atoms with Gasteiger partial charge in [-0.05, 0) is 6.92 Å². The maximum Gasteiger partial charge on any atom is 0.330 e. The lowest BCUT2D eigenvalue weighted by Crippen LogP contribution is -2.29. The number of nitrogens with zero attached hydrogens (tertiary/aromatic N) is 2. The average Bonchev–Trinajstić information content (AvgIpc) is 2.61. The predicted octanol–water partition coefficient (Wildman–Crippen LogP) is -0.940. The van der Waals surface area contributed by atoms with Gasteiger partial charge in [-0.1, -0.05) is 0 Å². The van der Waals surface area contributed by atoms with Crippen LogP contribution in [0.15, 0.2) is 9.59 Å². The van der Waals surface area contributed by atoms with Gasteiger partial charge in [-0.3, -0.25) is 19.1 Å². The Balaban J connectivity index is 2.75. The Morgan fingerprint density at radius 2 is 2.12 bits per heavy atom. The number of hydrogen-bond acceptors (Lipinski definition) is 4. The Kier molecular flexibility index (Phi) is 2.54. The molecule has 0 unspecified atom stereocenters. The van der Waals surface area contributed by atoms with Crippen LogP contribution in [-0.4, -0.2) is 30.6 Å². The van der Waals surface area contributed by atoms with Crippen molar-refractivity contribution in [2.75, 3.05) is 0 Å². The molecule has 17 heavy (non-hydrogen) atoms. The number of imidazole rings is 1. The van der Waals surface area contributed by atoms with Crippen LogP contribution in [0.25, 0.3) is 11.2 Å². The van der Waals surface area contributed by atoms with Crippen molar-refractivity contribution in [1.29, 1.82) is 0 Å². The van der Waals surface area contributed by atoms with Crippen molar-refractivity contribution in [3.63, 3.8) is 0 Å². The number of hydrogen-bond donors (Lipinski definition) is 3. The number of nitrogens with one attached hydrogen (secondary N) is 2. The van der Waals surface area contributed by atoms with E-state index >= 15 is 0 Å². The first-order valence-corrected chi connectivity index (χ1v) is 4.96. The molecule has 0 fully saturated rings. The van der Waals surface area contributed by atoms with Crippen molar-refractivity contribution < 1.29 is 9.90 Å². The maximum atomic E-state index is 11.5. The SMILES string of the molecule is CCn1c(=O)[nH]c(=O)c2[nH]c(CC(=O)O)nc21. The number of carboxylic acid groups (broad SMARTS) is 1. The molecule has 0 radical (unpaired) electrons. The maximum absolute atomic E-state index is 11.5. The normalized spacial score (nSPS) is 10.9. The number of aromatic nitrogens is 4. The molecular formula is C9H10N4O4. The van der Waals surface area contributed by atoms with Crippen LogP contribution in [-0.2, 0) is 17.8 Å². The molecule has 0 spiro atoms. The van der Waals surface area contributed by atoms with Crippen molar-refractivity contribution in [2.45, 2.75) is 19.9 Å². The second-order valence-electron chi connectivity index (χ2n) is 3.46. The minimum absolute atomic E-state index is 0.114. The molecule has 8 nitrogen and oxygen atoms in total. The van der Waals surface area contributed by atoms with Crippen molar-refractivity contribution in [1.82, 2.24) is 19.5 Å². The van der Waals surface area contributed by atoms with Gasteiger partial charge < -0.3 is 10.1 Å². The Hall–Kier alpha value is -2.38. The Morgan fingerprint density at radius 3 is 2.71 bits per heavy atom. The number of aryl methyl sites for hydroxylation is 1. The first-order chi connectivity index (χ1) is 8.02. The molecule has 2 rings (SSSR count). The van der Waals surface area contributed by atoms with E-state index in [1.54, 1.807) is 6.92 Å². The Morgan fingerprint density at radius 1 is 1.41 bits per heavy atom. The molecule has 2 aromatic rings. The first-order valence-electron chi connectivity index (χ1n) is 4.96. The number of fused-ring (bicyclic) bond motifs is 1. The van der Waals surface area contributed by atoms with E-state index in [9.17, 15) is 14.4 Å². The second-order valence-corrected chi connectivity index (χ2v) is 3.46. The minimum atomic E-state index is -1.06. The zero-order chi connectivity index (χ0) is 12.6. The van der Waals surface area contributed by atoms with E-state index in [2.05, 4.69) is 15.0 Å². The van der Waals surface area contributed by atoms with Gasteiger partial charge in [-0.15, -0.1) is 0 Å². The Labute approximate surface area is 93.9 Å². The smallest absolute Gasteiger partial charge is 0.330 e. The number of H-pyrrole nitrogens is 2. The summed E-state index contributed by atoms with van der Waals surface area (Å²) in [5.41, 5.74) is -0.864. The van der Waals surface area contributed by atoms with E-state index in [1.165, 1.54) is 4.57 Å². The topological polar surface area (TPSA) is 121 Å². The molecule has 0 saturated heterocycles. The van der Waals surface area contributed by atoms with E-state index in [1.807, 2.05) is 0 Å². The summed E-state index contributed by atoms with van der Waals surface area (Å²) in [5, 5.41) is 8.63. The van der Waals surface area contributed by atoms with Crippen LogP contribution in [0, 0.1) is 0 Å². The van der Waals surface area contributed by atoms with Crippen LogP contribution in [0.2, 0.25) is 0 Å².